The molecule has 0 aliphatic heterocycles. The number of halogens is 1. The van der Waals surface area contributed by atoms with Gasteiger partial charge in [0.2, 0.25) is 0 Å². The molecule has 0 saturated heterocycles. The summed E-state index contributed by atoms with van der Waals surface area (Å²) in [4.78, 5) is 4.40. The lowest BCUT2D eigenvalue weighted by Crippen LogP contribution is -2.27. The second kappa shape index (κ2) is 6.07. The number of aromatic nitrogens is 1. The maximum atomic E-state index is 13.0. The van der Waals surface area contributed by atoms with Crippen LogP contribution in [0.3, 0.4) is 0 Å². The molecule has 0 unspecified atom stereocenters. The molecule has 0 aliphatic carbocycles. The van der Waals surface area contributed by atoms with E-state index in [1.807, 2.05) is 13.0 Å². The Morgan fingerprint density at radius 3 is 2.94 bits per heavy atom. The number of aryl methyl sites for hydroxylation is 1. The summed E-state index contributed by atoms with van der Waals surface area (Å²) in [6.45, 7) is 4.87. The molecular formula is C14H17FN2S. The Hall–Kier alpha value is -1.26. The number of hydrogen-bond acceptors (Lipinski definition) is 3. The SMILES string of the molecule is Cc1nc(CN[C@H](C)Cc2cccc(F)c2)cs1. The van der Waals surface area contributed by atoms with Gasteiger partial charge >= 0.3 is 0 Å². The molecule has 1 atom stereocenters. The van der Waals surface area contributed by atoms with E-state index in [0.717, 1.165) is 29.2 Å². The molecule has 1 N–H and O–H groups in total. The lowest BCUT2D eigenvalue weighted by molar-refractivity contribution is 0.538. The van der Waals surface area contributed by atoms with Crippen LogP contribution < -0.4 is 5.32 Å². The first-order valence-electron chi connectivity index (χ1n) is 6.02. The molecule has 2 aromatic rings. The summed E-state index contributed by atoms with van der Waals surface area (Å²) in [6.07, 6.45) is 0.820. The lowest BCUT2D eigenvalue weighted by atomic mass is 10.1. The molecule has 0 spiro atoms. The third-order valence-corrected chi connectivity index (χ3v) is 3.55. The van der Waals surface area contributed by atoms with Crippen LogP contribution in [0.25, 0.3) is 0 Å². The highest BCUT2D eigenvalue weighted by molar-refractivity contribution is 7.09. The van der Waals surface area contributed by atoms with Crippen LogP contribution in [-0.4, -0.2) is 11.0 Å². The van der Waals surface area contributed by atoms with Crippen molar-refractivity contribution in [1.82, 2.24) is 10.3 Å². The lowest BCUT2D eigenvalue weighted by Gasteiger charge is -2.12. The molecule has 0 amide bonds. The summed E-state index contributed by atoms with van der Waals surface area (Å²) < 4.78 is 13.0. The Morgan fingerprint density at radius 1 is 1.44 bits per heavy atom. The van der Waals surface area contributed by atoms with E-state index >= 15 is 0 Å². The number of rotatable bonds is 5. The van der Waals surface area contributed by atoms with E-state index in [9.17, 15) is 4.39 Å². The van der Waals surface area contributed by atoms with Gasteiger partial charge in [0, 0.05) is 18.0 Å². The Kier molecular flexibility index (Phi) is 4.44. The first kappa shape index (κ1) is 13.2. The van der Waals surface area contributed by atoms with Gasteiger partial charge in [-0.1, -0.05) is 12.1 Å². The number of benzene rings is 1. The van der Waals surface area contributed by atoms with Gasteiger partial charge in [0.1, 0.15) is 5.82 Å². The van der Waals surface area contributed by atoms with Gasteiger partial charge in [0.15, 0.2) is 0 Å². The molecule has 2 nitrogen and oxygen atoms in total. The summed E-state index contributed by atoms with van der Waals surface area (Å²) in [5.74, 6) is -0.171. The molecule has 96 valence electrons. The maximum absolute atomic E-state index is 13.0. The zero-order valence-corrected chi connectivity index (χ0v) is 11.4. The van der Waals surface area contributed by atoms with Crippen molar-refractivity contribution in [2.24, 2.45) is 0 Å². The second-order valence-electron chi connectivity index (χ2n) is 4.47. The fourth-order valence-corrected chi connectivity index (χ4v) is 2.47. The first-order valence-corrected chi connectivity index (χ1v) is 6.90. The van der Waals surface area contributed by atoms with E-state index in [2.05, 4.69) is 22.6 Å². The van der Waals surface area contributed by atoms with Crippen LogP contribution in [0.5, 0.6) is 0 Å². The zero-order chi connectivity index (χ0) is 13.0. The van der Waals surface area contributed by atoms with Gasteiger partial charge < -0.3 is 5.32 Å². The molecule has 0 fully saturated rings. The van der Waals surface area contributed by atoms with Gasteiger partial charge in [0.25, 0.3) is 0 Å². The minimum atomic E-state index is -0.171. The van der Waals surface area contributed by atoms with E-state index in [1.54, 1.807) is 23.5 Å². The monoisotopic (exact) mass is 264 g/mol. The smallest absolute Gasteiger partial charge is 0.123 e. The molecule has 0 saturated carbocycles. The number of hydrogen-bond donors (Lipinski definition) is 1. The van der Waals surface area contributed by atoms with Crippen LogP contribution in [0.1, 0.15) is 23.2 Å². The zero-order valence-electron chi connectivity index (χ0n) is 10.6. The van der Waals surface area contributed by atoms with Crippen LogP contribution in [0, 0.1) is 12.7 Å². The van der Waals surface area contributed by atoms with Crippen molar-refractivity contribution >= 4 is 11.3 Å². The van der Waals surface area contributed by atoms with Crippen LogP contribution in [0.4, 0.5) is 4.39 Å². The highest BCUT2D eigenvalue weighted by Gasteiger charge is 2.05. The molecule has 1 aromatic heterocycles. The van der Waals surface area contributed by atoms with Gasteiger partial charge in [0.05, 0.1) is 10.7 Å². The van der Waals surface area contributed by atoms with Gasteiger partial charge in [-0.25, -0.2) is 9.37 Å². The predicted molar refractivity (Wildman–Crippen MR) is 73.3 cm³/mol. The quantitative estimate of drug-likeness (QED) is 0.896. The largest absolute Gasteiger partial charge is 0.308 e. The Labute approximate surface area is 111 Å². The summed E-state index contributed by atoms with van der Waals surface area (Å²) in [5, 5.41) is 6.56. The van der Waals surface area contributed by atoms with E-state index in [1.165, 1.54) is 6.07 Å². The van der Waals surface area contributed by atoms with Crippen LogP contribution in [0.2, 0.25) is 0 Å². The molecule has 18 heavy (non-hydrogen) atoms. The van der Waals surface area contributed by atoms with Crippen LogP contribution in [-0.2, 0) is 13.0 Å². The minimum absolute atomic E-state index is 0.171. The standard InChI is InChI=1S/C14H17FN2S/c1-10(6-12-4-3-5-13(15)7-12)16-8-14-9-18-11(2)17-14/h3-5,7,9-10,16H,6,8H2,1-2H3/t10-/m1/s1. The number of nitrogens with one attached hydrogen (secondary N) is 1. The van der Waals surface area contributed by atoms with E-state index < -0.39 is 0 Å². The fraction of sp³-hybridized carbons (Fsp3) is 0.357. The van der Waals surface area contributed by atoms with E-state index in [4.69, 9.17) is 0 Å². The molecule has 2 rings (SSSR count). The topological polar surface area (TPSA) is 24.9 Å². The van der Waals surface area contributed by atoms with Gasteiger partial charge in [-0.2, -0.15) is 0 Å². The van der Waals surface area contributed by atoms with Gasteiger partial charge in [-0.15, -0.1) is 11.3 Å². The number of thiazole rings is 1. The van der Waals surface area contributed by atoms with Crippen LogP contribution in [0.15, 0.2) is 29.6 Å². The summed E-state index contributed by atoms with van der Waals surface area (Å²) >= 11 is 1.66. The molecule has 4 heteroatoms. The molecule has 0 aliphatic rings. The Morgan fingerprint density at radius 2 is 2.28 bits per heavy atom. The number of nitrogens with zero attached hydrogens (tertiary/aromatic N) is 1. The van der Waals surface area contributed by atoms with Crippen molar-refractivity contribution in [2.75, 3.05) is 0 Å². The minimum Gasteiger partial charge on any atom is -0.308 e. The molecule has 0 bridgehead atoms. The fourth-order valence-electron chi connectivity index (χ4n) is 1.86. The van der Waals surface area contributed by atoms with Crippen molar-refractivity contribution in [1.29, 1.82) is 0 Å². The predicted octanol–water partition coefficient (Wildman–Crippen LogP) is 3.31. The van der Waals surface area contributed by atoms with E-state index in [-0.39, 0.29) is 5.82 Å². The van der Waals surface area contributed by atoms with E-state index in [0.29, 0.717) is 6.04 Å². The summed E-state index contributed by atoms with van der Waals surface area (Å²) in [7, 11) is 0. The summed E-state index contributed by atoms with van der Waals surface area (Å²) in [6, 6.07) is 7.06. The van der Waals surface area contributed by atoms with Crippen molar-refractivity contribution < 1.29 is 4.39 Å². The highest BCUT2D eigenvalue weighted by atomic mass is 32.1. The van der Waals surface area contributed by atoms with Crippen LogP contribution >= 0.6 is 11.3 Å². The second-order valence-corrected chi connectivity index (χ2v) is 5.54. The van der Waals surface area contributed by atoms with Gasteiger partial charge in [-0.3, -0.25) is 0 Å². The van der Waals surface area contributed by atoms with Gasteiger partial charge in [-0.05, 0) is 38.0 Å². The average Bonchev–Trinajstić information content (AvgIpc) is 2.73. The molecule has 0 radical (unpaired) electrons. The molecule has 1 aromatic carbocycles. The normalized spacial score (nSPS) is 12.6. The molecular weight excluding hydrogens is 247 g/mol. The third kappa shape index (κ3) is 3.89. The van der Waals surface area contributed by atoms with Crippen molar-refractivity contribution in [3.63, 3.8) is 0 Å². The third-order valence-electron chi connectivity index (χ3n) is 2.73. The van der Waals surface area contributed by atoms with Crippen molar-refractivity contribution in [3.05, 3.63) is 51.7 Å². The van der Waals surface area contributed by atoms with Crippen molar-refractivity contribution in [2.45, 2.75) is 32.9 Å². The Balaban J connectivity index is 1.83. The first-order chi connectivity index (χ1) is 8.63. The van der Waals surface area contributed by atoms with Crippen molar-refractivity contribution in [3.8, 4) is 0 Å². The highest BCUT2D eigenvalue weighted by Crippen LogP contribution is 2.09. The summed E-state index contributed by atoms with van der Waals surface area (Å²) in [5.41, 5.74) is 2.09. The molecule has 1 heterocycles. The maximum Gasteiger partial charge on any atom is 0.123 e. The average molecular weight is 264 g/mol. The Bertz CT molecular complexity index is 510.